The molecular formula is C22H26ClN5O3S. The number of hydrogen-bond donors (Lipinski definition) is 2. The highest BCUT2D eigenvalue weighted by Crippen LogP contribution is 2.33. The van der Waals surface area contributed by atoms with Gasteiger partial charge in [-0.25, -0.2) is 13.4 Å². The smallest absolute Gasteiger partial charge is 0.253 e. The number of nitrogens with zero attached hydrogens (tertiary/aromatic N) is 3. The Labute approximate surface area is 192 Å². The van der Waals surface area contributed by atoms with Crippen molar-refractivity contribution >= 4 is 44.3 Å². The first-order chi connectivity index (χ1) is 15.1. The molecule has 0 radical (unpaired) electrons. The largest absolute Gasteiger partial charge is 0.347 e. The maximum atomic E-state index is 13.0. The van der Waals surface area contributed by atoms with E-state index in [1.807, 2.05) is 20.8 Å². The number of aromatic amines is 1. The lowest BCUT2D eigenvalue weighted by Crippen LogP contribution is -2.39. The van der Waals surface area contributed by atoms with Gasteiger partial charge in [-0.05, 0) is 63.8 Å². The van der Waals surface area contributed by atoms with E-state index in [2.05, 4.69) is 20.3 Å². The Morgan fingerprint density at radius 1 is 1.22 bits per heavy atom. The fraction of sp³-hybridized carbons (Fsp3) is 0.409. The van der Waals surface area contributed by atoms with Gasteiger partial charge in [0.15, 0.2) is 0 Å². The van der Waals surface area contributed by atoms with Crippen LogP contribution in [0, 0.1) is 5.92 Å². The quantitative estimate of drug-likeness (QED) is 0.507. The number of nitrogens with one attached hydrogen (secondary N) is 2. The van der Waals surface area contributed by atoms with E-state index in [4.69, 9.17) is 11.6 Å². The highest BCUT2D eigenvalue weighted by Gasteiger charge is 2.34. The van der Waals surface area contributed by atoms with E-state index in [1.54, 1.807) is 30.3 Å². The lowest BCUT2D eigenvalue weighted by atomic mass is 10.1. The number of sulfonamides is 1. The van der Waals surface area contributed by atoms with Crippen LogP contribution in [0.1, 0.15) is 45.2 Å². The number of anilines is 2. The zero-order valence-electron chi connectivity index (χ0n) is 18.2. The molecule has 3 aromatic rings. The molecule has 0 spiro atoms. The maximum Gasteiger partial charge on any atom is 0.253 e. The van der Waals surface area contributed by atoms with Crippen LogP contribution in [0.3, 0.4) is 0 Å². The fourth-order valence-corrected chi connectivity index (χ4v) is 6.02. The van der Waals surface area contributed by atoms with Crippen molar-refractivity contribution in [3.8, 4) is 0 Å². The van der Waals surface area contributed by atoms with Gasteiger partial charge in [0, 0.05) is 39.8 Å². The molecule has 8 nitrogen and oxygen atoms in total. The molecule has 1 fully saturated rings. The number of aromatic nitrogens is 3. The lowest BCUT2D eigenvalue weighted by Gasteiger charge is -2.27. The van der Waals surface area contributed by atoms with Gasteiger partial charge in [-0.3, -0.25) is 9.10 Å². The molecule has 2 heterocycles. The molecule has 0 aliphatic heterocycles. The van der Waals surface area contributed by atoms with Crippen LogP contribution in [0.15, 0.2) is 41.3 Å². The Hall–Kier alpha value is -2.65. The van der Waals surface area contributed by atoms with Crippen molar-refractivity contribution in [2.45, 2.75) is 45.7 Å². The number of pyridine rings is 1. The van der Waals surface area contributed by atoms with E-state index in [9.17, 15) is 13.2 Å². The molecule has 1 atom stereocenters. The summed E-state index contributed by atoms with van der Waals surface area (Å²) >= 11 is 6.08. The summed E-state index contributed by atoms with van der Waals surface area (Å²) in [6.45, 7) is 5.46. The summed E-state index contributed by atoms with van der Waals surface area (Å²) in [6, 6.07) is 7.92. The zero-order valence-corrected chi connectivity index (χ0v) is 19.7. The minimum absolute atomic E-state index is 0.128. The third-order valence-corrected chi connectivity index (χ3v) is 7.76. The topological polar surface area (TPSA) is 108 Å². The second kappa shape index (κ2) is 8.71. The molecule has 0 amide bonds. The second-order valence-electron chi connectivity index (χ2n) is 8.50. The molecule has 10 heteroatoms. The number of hydrogen-bond acceptors (Lipinski definition) is 6. The fourth-order valence-electron chi connectivity index (χ4n) is 3.72. The summed E-state index contributed by atoms with van der Waals surface area (Å²) in [6.07, 6.45) is 3.42. The van der Waals surface area contributed by atoms with Crippen molar-refractivity contribution < 1.29 is 8.42 Å². The summed E-state index contributed by atoms with van der Waals surface area (Å²) in [5.41, 5.74) is 0.963. The Balaban J connectivity index is 1.61. The molecule has 2 N–H and O–H groups in total. The second-order valence-corrected chi connectivity index (χ2v) is 10.8. The van der Waals surface area contributed by atoms with Gasteiger partial charge in [0.25, 0.3) is 5.56 Å². The summed E-state index contributed by atoms with van der Waals surface area (Å²) in [5.74, 6) is 0.912. The predicted octanol–water partition coefficient (Wildman–Crippen LogP) is 4.10. The highest BCUT2D eigenvalue weighted by atomic mass is 35.5. The first kappa shape index (κ1) is 22.5. The monoisotopic (exact) mass is 475 g/mol. The van der Waals surface area contributed by atoms with Crippen LogP contribution in [0.4, 0.5) is 11.8 Å². The Bertz CT molecular complexity index is 1300. The summed E-state index contributed by atoms with van der Waals surface area (Å²) < 4.78 is 27.3. The molecule has 2 aromatic heterocycles. The number of benzene rings is 1. The van der Waals surface area contributed by atoms with Gasteiger partial charge in [-0.1, -0.05) is 11.6 Å². The van der Waals surface area contributed by atoms with Gasteiger partial charge in [0.05, 0.1) is 11.8 Å². The Morgan fingerprint density at radius 2 is 1.97 bits per heavy atom. The number of rotatable bonds is 8. The maximum absolute atomic E-state index is 13.0. The molecular weight excluding hydrogens is 450 g/mol. The van der Waals surface area contributed by atoms with Crippen molar-refractivity contribution in [1.82, 2.24) is 15.0 Å². The molecule has 0 unspecified atom stereocenters. The van der Waals surface area contributed by atoms with Crippen LogP contribution in [0.2, 0.25) is 5.02 Å². The van der Waals surface area contributed by atoms with E-state index in [1.165, 1.54) is 10.5 Å². The van der Waals surface area contributed by atoms with Gasteiger partial charge in [-0.2, -0.15) is 4.98 Å². The average molecular weight is 476 g/mol. The molecule has 4 rings (SSSR count). The van der Waals surface area contributed by atoms with Gasteiger partial charge >= 0.3 is 0 Å². The van der Waals surface area contributed by atoms with E-state index < -0.39 is 16.1 Å². The van der Waals surface area contributed by atoms with Crippen LogP contribution in [0.25, 0.3) is 10.9 Å². The van der Waals surface area contributed by atoms with Crippen molar-refractivity contribution in [2.24, 2.45) is 5.92 Å². The van der Waals surface area contributed by atoms with Crippen molar-refractivity contribution in [3.05, 3.63) is 57.5 Å². The minimum atomic E-state index is -3.50. The average Bonchev–Trinajstić information content (AvgIpc) is 3.50. The third-order valence-electron chi connectivity index (χ3n) is 5.43. The standard InChI is InChI=1S/C22H26ClN5O3S/c1-13(2)28(32(30,31)12-15-4-5-15)20-8-9-24-22(27-20)25-14(3)18-11-16-10-17(23)6-7-19(16)26-21(18)29/h6-11,13-15H,4-5,12H2,1-3H3,(H,26,29)(H,24,25,27)/t14-/m0/s1. The summed E-state index contributed by atoms with van der Waals surface area (Å²) in [4.78, 5) is 24.1. The highest BCUT2D eigenvalue weighted by molar-refractivity contribution is 7.92. The van der Waals surface area contributed by atoms with Crippen LogP contribution in [-0.4, -0.2) is 35.2 Å². The molecule has 32 heavy (non-hydrogen) atoms. The molecule has 0 saturated heterocycles. The molecule has 1 aliphatic carbocycles. The normalized spacial score (nSPS) is 15.2. The van der Waals surface area contributed by atoms with E-state index in [0.717, 1.165) is 18.2 Å². The third kappa shape index (κ3) is 4.88. The van der Waals surface area contributed by atoms with Crippen LogP contribution >= 0.6 is 11.6 Å². The minimum Gasteiger partial charge on any atom is -0.347 e. The van der Waals surface area contributed by atoms with Gasteiger partial charge in [-0.15, -0.1) is 0 Å². The zero-order chi connectivity index (χ0) is 23.0. The van der Waals surface area contributed by atoms with E-state index >= 15 is 0 Å². The van der Waals surface area contributed by atoms with Crippen LogP contribution in [-0.2, 0) is 10.0 Å². The Kier molecular flexibility index (Phi) is 6.13. The van der Waals surface area contributed by atoms with Crippen molar-refractivity contribution in [1.29, 1.82) is 0 Å². The van der Waals surface area contributed by atoms with E-state index in [0.29, 0.717) is 21.9 Å². The lowest BCUT2D eigenvalue weighted by molar-refractivity contribution is 0.579. The van der Waals surface area contributed by atoms with Gasteiger partial charge in [0.2, 0.25) is 16.0 Å². The Morgan fingerprint density at radius 3 is 2.66 bits per heavy atom. The summed E-state index contributed by atoms with van der Waals surface area (Å²) in [7, 11) is -3.50. The van der Waals surface area contributed by atoms with Crippen molar-refractivity contribution in [3.63, 3.8) is 0 Å². The molecule has 1 saturated carbocycles. The molecule has 0 bridgehead atoms. The SMILES string of the molecule is CC(C)N(c1ccnc(N[C@@H](C)c2cc3cc(Cl)ccc3[nH]c2=O)n1)S(=O)(=O)CC1CC1. The van der Waals surface area contributed by atoms with Crippen LogP contribution < -0.4 is 15.2 Å². The van der Waals surface area contributed by atoms with Gasteiger partial charge < -0.3 is 10.3 Å². The predicted molar refractivity (Wildman–Crippen MR) is 128 cm³/mol. The van der Waals surface area contributed by atoms with Crippen LogP contribution in [0.5, 0.6) is 0 Å². The molecule has 1 aliphatic rings. The number of fused-ring (bicyclic) bond motifs is 1. The summed E-state index contributed by atoms with van der Waals surface area (Å²) in [5, 5.41) is 4.51. The molecule has 170 valence electrons. The first-order valence-corrected chi connectivity index (χ1v) is 12.6. The first-order valence-electron chi connectivity index (χ1n) is 10.6. The van der Waals surface area contributed by atoms with Crippen molar-refractivity contribution in [2.75, 3.05) is 15.4 Å². The van der Waals surface area contributed by atoms with Gasteiger partial charge in [0.1, 0.15) is 5.82 Å². The van der Waals surface area contributed by atoms with E-state index in [-0.39, 0.29) is 29.2 Å². The number of H-pyrrole nitrogens is 1. The molecule has 1 aromatic carbocycles. The number of halogens is 1.